The van der Waals surface area contributed by atoms with Crippen LogP contribution in [0.15, 0.2) is 27.3 Å². The Kier molecular flexibility index (Phi) is 4.92. The lowest BCUT2D eigenvalue weighted by molar-refractivity contribution is -0.143. The fraction of sp³-hybridized carbons (Fsp3) is 0.429. The van der Waals surface area contributed by atoms with Crippen molar-refractivity contribution in [3.05, 3.63) is 24.3 Å². The molecule has 0 saturated heterocycles. The van der Waals surface area contributed by atoms with Gasteiger partial charge in [-0.3, -0.25) is 4.79 Å². The van der Waals surface area contributed by atoms with Gasteiger partial charge in [0.1, 0.15) is 6.04 Å². The number of aromatic nitrogens is 2. The monoisotopic (exact) mass is 307 g/mol. The Bertz CT molecular complexity index is 633. The normalized spacial score (nSPS) is 12.3. The number of hydrogen-bond acceptors (Lipinski definition) is 6. The minimum atomic E-state index is -1.05. The molecule has 2 heterocycles. The van der Waals surface area contributed by atoms with Gasteiger partial charge in [-0.1, -0.05) is 19.0 Å². The van der Waals surface area contributed by atoms with E-state index in [0.717, 1.165) is 0 Å². The zero-order chi connectivity index (χ0) is 16.1. The highest BCUT2D eigenvalue weighted by molar-refractivity contribution is 5.83. The average molecular weight is 307 g/mol. The summed E-state index contributed by atoms with van der Waals surface area (Å²) in [5.41, 5.74) is 0. The van der Waals surface area contributed by atoms with E-state index in [1.54, 1.807) is 26.0 Å². The second-order valence-electron chi connectivity index (χ2n) is 5.12. The van der Waals surface area contributed by atoms with Gasteiger partial charge in [0.25, 0.3) is 0 Å². The van der Waals surface area contributed by atoms with E-state index < -0.39 is 12.0 Å². The van der Waals surface area contributed by atoms with Crippen LogP contribution in [0.3, 0.4) is 0 Å². The number of nitrogens with zero attached hydrogens (tertiary/aromatic N) is 2. The van der Waals surface area contributed by atoms with E-state index in [4.69, 9.17) is 14.0 Å². The van der Waals surface area contributed by atoms with Gasteiger partial charge in [0, 0.05) is 12.8 Å². The van der Waals surface area contributed by atoms with Crippen molar-refractivity contribution in [1.29, 1.82) is 0 Å². The zero-order valence-corrected chi connectivity index (χ0v) is 12.3. The minimum Gasteiger partial charge on any atom is -0.480 e. The van der Waals surface area contributed by atoms with Crippen LogP contribution in [0.4, 0.5) is 0 Å². The van der Waals surface area contributed by atoms with Crippen molar-refractivity contribution < 1.29 is 23.6 Å². The van der Waals surface area contributed by atoms with E-state index >= 15 is 0 Å². The SMILES string of the molecule is CC(C)[C@@H](NC(=O)CCc1nc(-c2ccco2)no1)C(=O)O. The number of carboxylic acid groups (broad SMARTS) is 1. The van der Waals surface area contributed by atoms with Gasteiger partial charge >= 0.3 is 5.97 Å². The van der Waals surface area contributed by atoms with Crippen LogP contribution < -0.4 is 5.32 Å². The molecule has 0 radical (unpaired) electrons. The number of amides is 1. The molecule has 0 spiro atoms. The summed E-state index contributed by atoms with van der Waals surface area (Å²) in [5.74, 6) is -0.551. The summed E-state index contributed by atoms with van der Waals surface area (Å²) in [6.07, 6.45) is 1.79. The van der Waals surface area contributed by atoms with Gasteiger partial charge in [-0.15, -0.1) is 0 Å². The van der Waals surface area contributed by atoms with Gasteiger partial charge in [0.2, 0.25) is 17.6 Å². The van der Waals surface area contributed by atoms with Gasteiger partial charge in [0.15, 0.2) is 5.76 Å². The zero-order valence-electron chi connectivity index (χ0n) is 12.3. The highest BCUT2D eigenvalue weighted by atomic mass is 16.5. The molecule has 0 aromatic carbocycles. The smallest absolute Gasteiger partial charge is 0.326 e. The fourth-order valence-electron chi connectivity index (χ4n) is 1.84. The summed E-state index contributed by atoms with van der Waals surface area (Å²) in [6, 6.07) is 2.49. The molecule has 0 aliphatic carbocycles. The Labute approximate surface area is 126 Å². The first kappa shape index (κ1) is 15.7. The van der Waals surface area contributed by atoms with Crippen LogP contribution in [0.5, 0.6) is 0 Å². The number of rotatable bonds is 7. The summed E-state index contributed by atoms with van der Waals surface area (Å²) in [5, 5.41) is 15.2. The van der Waals surface area contributed by atoms with Crippen LogP contribution in [-0.2, 0) is 16.0 Å². The molecule has 0 saturated carbocycles. The molecule has 22 heavy (non-hydrogen) atoms. The van der Waals surface area contributed by atoms with Crippen LogP contribution in [-0.4, -0.2) is 33.2 Å². The van der Waals surface area contributed by atoms with Crippen molar-refractivity contribution in [2.45, 2.75) is 32.7 Å². The van der Waals surface area contributed by atoms with Crippen molar-refractivity contribution in [2.75, 3.05) is 0 Å². The van der Waals surface area contributed by atoms with Crippen LogP contribution in [0.1, 0.15) is 26.2 Å². The summed E-state index contributed by atoms with van der Waals surface area (Å²) >= 11 is 0. The summed E-state index contributed by atoms with van der Waals surface area (Å²) in [4.78, 5) is 26.9. The summed E-state index contributed by atoms with van der Waals surface area (Å²) < 4.78 is 10.2. The highest BCUT2D eigenvalue weighted by Gasteiger charge is 2.23. The van der Waals surface area contributed by atoms with Crippen molar-refractivity contribution in [3.63, 3.8) is 0 Å². The maximum Gasteiger partial charge on any atom is 0.326 e. The maximum atomic E-state index is 11.8. The molecule has 0 unspecified atom stereocenters. The molecular weight excluding hydrogens is 290 g/mol. The standard InChI is InChI=1S/C14H17N3O5/c1-8(2)12(14(19)20)15-10(18)5-6-11-16-13(17-22-11)9-4-3-7-21-9/h3-4,7-8,12H,5-6H2,1-2H3,(H,15,18)(H,19,20)/t12-/m1/s1. The predicted octanol–water partition coefficient (Wildman–Crippen LogP) is 1.49. The second-order valence-corrected chi connectivity index (χ2v) is 5.12. The topological polar surface area (TPSA) is 118 Å². The molecule has 0 aliphatic rings. The molecule has 2 aromatic heterocycles. The Balaban J connectivity index is 1.87. The molecule has 2 rings (SSSR count). The fourth-order valence-corrected chi connectivity index (χ4v) is 1.84. The number of furan rings is 1. The van der Waals surface area contributed by atoms with Gasteiger partial charge in [-0.2, -0.15) is 4.98 Å². The number of carboxylic acids is 1. The van der Waals surface area contributed by atoms with Crippen molar-refractivity contribution in [2.24, 2.45) is 5.92 Å². The first-order valence-electron chi connectivity index (χ1n) is 6.86. The Morgan fingerprint density at radius 1 is 1.41 bits per heavy atom. The largest absolute Gasteiger partial charge is 0.480 e. The summed E-state index contributed by atoms with van der Waals surface area (Å²) in [6.45, 7) is 3.46. The molecule has 0 aliphatic heterocycles. The predicted molar refractivity (Wildman–Crippen MR) is 74.7 cm³/mol. The molecule has 1 amide bonds. The number of carbonyl (C=O) groups is 2. The Morgan fingerprint density at radius 3 is 2.77 bits per heavy atom. The number of aliphatic carboxylic acids is 1. The van der Waals surface area contributed by atoms with Gasteiger partial charge < -0.3 is 19.4 Å². The average Bonchev–Trinajstić information content (AvgIpc) is 3.12. The lowest BCUT2D eigenvalue weighted by atomic mass is 10.0. The molecule has 0 bridgehead atoms. The second kappa shape index (κ2) is 6.88. The van der Waals surface area contributed by atoms with Crippen LogP contribution in [0.2, 0.25) is 0 Å². The number of carbonyl (C=O) groups excluding carboxylic acids is 1. The van der Waals surface area contributed by atoms with Gasteiger partial charge in [-0.05, 0) is 18.1 Å². The molecule has 1 atom stereocenters. The Morgan fingerprint density at radius 2 is 2.18 bits per heavy atom. The molecule has 2 N–H and O–H groups in total. The lowest BCUT2D eigenvalue weighted by Crippen LogP contribution is -2.44. The third-order valence-corrected chi connectivity index (χ3v) is 3.02. The van der Waals surface area contributed by atoms with Gasteiger partial charge in [0.05, 0.1) is 6.26 Å². The van der Waals surface area contributed by atoms with Gasteiger partial charge in [-0.25, -0.2) is 4.79 Å². The first-order chi connectivity index (χ1) is 10.5. The lowest BCUT2D eigenvalue weighted by Gasteiger charge is -2.17. The third-order valence-electron chi connectivity index (χ3n) is 3.02. The highest BCUT2D eigenvalue weighted by Crippen LogP contribution is 2.16. The maximum absolute atomic E-state index is 11.8. The summed E-state index contributed by atoms with van der Waals surface area (Å²) in [7, 11) is 0. The molecule has 2 aromatic rings. The van der Waals surface area contributed by atoms with Crippen LogP contribution in [0.25, 0.3) is 11.6 Å². The number of nitrogens with one attached hydrogen (secondary N) is 1. The van der Waals surface area contributed by atoms with E-state index in [1.807, 2.05) is 0 Å². The van der Waals surface area contributed by atoms with Crippen molar-refractivity contribution in [3.8, 4) is 11.6 Å². The Hall–Kier alpha value is -2.64. The number of hydrogen-bond donors (Lipinski definition) is 2. The molecule has 8 nitrogen and oxygen atoms in total. The molecular formula is C14H17N3O5. The quantitative estimate of drug-likeness (QED) is 0.795. The van der Waals surface area contributed by atoms with E-state index in [0.29, 0.717) is 11.6 Å². The molecule has 118 valence electrons. The van der Waals surface area contributed by atoms with Crippen molar-refractivity contribution >= 4 is 11.9 Å². The van der Waals surface area contributed by atoms with E-state index in [9.17, 15) is 9.59 Å². The minimum absolute atomic E-state index is 0.0658. The van der Waals surface area contributed by atoms with Crippen LogP contribution in [0, 0.1) is 5.92 Å². The van der Waals surface area contributed by atoms with Crippen LogP contribution >= 0.6 is 0 Å². The number of aryl methyl sites for hydroxylation is 1. The van der Waals surface area contributed by atoms with E-state index in [2.05, 4.69) is 15.5 Å². The molecule has 8 heteroatoms. The third kappa shape index (κ3) is 3.94. The van der Waals surface area contributed by atoms with E-state index in [-0.39, 0.29) is 30.6 Å². The van der Waals surface area contributed by atoms with Crippen molar-refractivity contribution in [1.82, 2.24) is 15.5 Å². The first-order valence-corrected chi connectivity index (χ1v) is 6.86. The molecule has 0 fully saturated rings. The van der Waals surface area contributed by atoms with E-state index in [1.165, 1.54) is 6.26 Å².